The number of carboxylic acid groups (broad SMARTS) is 1. The second-order valence-corrected chi connectivity index (χ2v) is 14.7. The van der Waals surface area contributed by atoms with Crippen LogP contribution in [0.3, 0.4) is 0 Å². The Labute approximate surface area is 383 Å². The summed E-state index contributed by atoms with van der Waals surface area (Å²) in [6, 6.07) is 25.5. The lowest BCUT2D eigenvalue weighted by Gasteiger charge is -2.17. The fraction of sp³-hybridized carbons (Fsp3) is 0.167. The zero-order chi connectivity index (χ0) is 48.0. The molecule has 0 saturated heterocycles. The van der Waals surface area contributed by atoms with Gasteiger partial charge in [-0.05, 0) is 49.2 Å². The lowest BCUT2D eigenvalue weighted by Crippen LogP contribution is -2.31. The van der Waals surface area contributed by atoms with E-state index in [0.29, 0.717) is 34.8 Å². The molecule has 2 atom stereocenters. The first-order valence-corrected chi connectivity index (χ1v) is 20.9. The van der Waals surface area contributed by atoms with E-state index in [2.05, 4.69) is 35.5 Å². The fourth-order valence-corrected chi connectivity index (χ4v) is 6.48. The number of carboxylic acids is 1. The third kappa shape index (κ3) is 12.1. The Balaban J connectivity index is 0.000000189. The highest BCUT2D eigenvalue weighted by Gasteiger charge is 2.20. The van der Waals surface area contributed by atoms with Crippen molar-refractivity contribution in [2.75, 3.05) is 24.7 Å². The first-order chi connectivity index (χ1) is 32.3. The van der Waals surface area contributed by atoms with Crippen LogP contribution in [0.2, 0.25) is 0 Å². The van der Waals surface area contributed by atoms with E-state index < -0.39 is 35.1 Å². The molecule has 17 nitrogen and oxygen atoms in total. The number of aryl methyl sites for hydroxylation is 2. The molecule has 4 heterocycles. The minimum absolute atomic E-state index is 0.00398. The number of carbonyl (C=O) groups excluding carboxylic acids is 1. The lowest BCUT2D eigenvalue weighted by molar-refractivity contribution is 0.0691. The van der Waals surface area contributed by atoms with E-state index in [1.807, 2.05) is 62.6 Å². The van der Waals surface area contributed by atoms with Gasteiger partial charge in [0.15, 0.2) is 0 Å². The minimum Gasteiger partial charge on any atom is -0.478 e. The van der Waals surface area contributed by atoms with Crippen LogP contribution < -0.4 is 22.5 Å². The van der Waals surface area contributed by atoms with E-state index in [0.717, 1.165) is 34.9 Å². The van der Waals surface area contributed by atoms with Crippen molar-refractivity contribution in [1.82, 2.24) is 44.8 Å². The van der Waals surface area contributed by atoms with Crippen molar-refractivity contribution in [1.29, 1.82) is 0 Å². The lowest BCUT2D eigenvalue weighted by atomic mass is 10.0. The second kappa shape index (κ2) is 22.6. The quantitative estimate of drug-likeness (QED) is 0.0666. The number of nitrogens with two attached hydrogens (primary N) is 3. The van der Waals surface area contributed by atoms with E-state index in [4.69, 9.17) is 27.4 Å². The fourth-order valence-electron chi connectivity index (χ4n) is 6.48. The molecule has 0 aliphatic heterocycles. The van der Waals surface area contributed by atoms with Gasteiger partial charge in [-0.15, -0.1) is 0 Å². The maximum Gasteiger partial charge on any atom is 0.338 e. The number of aliphatic hydroxyl groups excluding tert-OH is 2. The number of hydrogen-bond donors (Lipinski definition) is 7. The molecule has 0 saturated carbocycles. The number of amides is 1. The average molecular weight is 911 g/mol. The standard InChI is InChI=1S/C24H23FN6O2.C16H14FN5O2.C8H11NO/c1-2-31-13-17(11-28-31)20-12-27-23(26)22(29-20)16-8-9-18(19(25)10-16)24(33)30-21(14-32)15-6-4-3-5-7-15;1-2-22-8-10(6-20-22)13-7-19-15(18)14(21-13)9-3-4-11(16(23)24)12(17)5-9;9-8(6-10)7-4-2-1-3-5-7/h3-13,21,32H,2,14H2,1H3,(H2,26,27)(H,30,33);3-8H,2H2,1H3,(H2,18,19)(H,23,24);1-5,8,10H,6,9H2/t21-;;8-/m1.1/s1. The molecule has 0 aliphatic rings. The molecule has 4 aromatic heterocycles. The van der Waals surface area contributed by atoms with Gasteiger partial charge in [-0.25, -0.2) is 33.5 Å². The number of aromatic carboxylic acids is 1. The van der Waals surface area contributed by atoms with Crippen LogP contribution in [-0.2, 0) is 13.1 Å². The maximum atomic E-state index is 14.9. The number of benzene rings is 4. The second-order valence-electron chi connectivity index (χ2n) is 14.7. The number of halogens is 2. The summed E-state index contributed by atoms with van der Waals surface area (Å²) in [4.78, 5) is 40.8. The van der Waals surface area contributed by atoms with Crippen LogP contribution in [0.25, 0.3) is 45.0 Å². The Morgan fingerprint density at radius 2 is 1.10 bits per heavy atom. The molecule has 0 fully saturated rings. The van der Waals surface area contributed by atoms with Crippen molar-refractivity contribution < 1.29 is 33.7 Å². The number of nitrogen functional groups attached to an aromatic ring is 2. The molecule has 67 heavy (non-hydrogen) atoms. The van der Waals surface area contributed by atoms with Crippen LogP contribution in [0, 0.1) is 11.6 Å². The summed E-state index contributed by atoms with van der Waals surface area (Å²) < 4.78 is 32.3. The Hall–Kier alpha value is -8.26. The summed E-state index contributed by atoms with van der Waals surface area (Å²) in [6.07, 6.45) is 10.0. The number of rotatable bonds is 13. The Morgan fingerprint density at radius 1 is 0.642 bits per heavy atom. The monoisotopic (exact) mass is 910 g/mol. The van der Waals surface area contributed by atoms with Crippen LogP contribution in [0.5, 0.6) is 0 Å². The van der Waals surface area contributed by atoms with Crippen molar-refractivity contribution in [3.05, 3.63) is 168 Å². The SMILES string of the molecule is CCn1cc(-c2cnc(N)c(-c3ccc(C(=O)N[C@H](CO)c4ccccc4)c(F)c3)n2)cn1.CCn1cc(-c2cnc(N)c(-c3ccc(C(=O)O)c(F)c3)n2)cn1.N[C@H](CO)c1ccccc1. The van der Waals surface area contributed by atoms with Gasteiger partial charge in [0.25, 0.3) is 5.91 Å². The summed E-state index contributed by atoms with van der Waals surface area (Å²) in [5, 5.41) is 38.3. The van der Waals surface area contributed by atoms with Gasteiger partial charge in [-0.2, -0.15) is 10.2 Å². The molecule has 1 amide bonds. The van der Waals surface area contributed by atoms with Gasteiger partial charge in [-0.1, -0.05) is 72.8 Å². The normalized spacial score (nSPS) is 11.6. The Bertz CT molecular complexity index is 2930. The minimum atomic E-state index is -1.33. The van der Waals surface area contributed by atoms with Crippen LogP contribution in [0.4, 0.5) is 20.4 Å². The molecule has 0 unspecified atom stereocenters. The maximum absolute atomic E-state index is 14.9. The summed E-state index contributed by atoms with van der Waals surface area (Å²) in [5.74, 6) is -3.29. The van der Waals surface area contributed by atoms with E-state index >= 15 is 0 Å². The van der Waals surface area contributed by atoms with Crippen molar-refractivity contribution in [2.45, 2.75) is 39.0 Å². The van der Waals surface area contributed by atoms with E-state index in [1.54, 1.807) is 52.1 Å². The number of anilines is 2. The first-order valence-electron chi connectivity index (χ1n) is 20.9. The summed E-state index contributed by atoms with van der Waals surface area (Å²) >= 11 is 0. The number of carbonyl (C=O) groups is 2. The van der Waals surface area contributed by atoms with Gasteiger partial charge in [0.2, 0.25) is 0 Å². The molecule has 0 bridgehead atoms. The molecular formula is C48H48F2N12O5. The van der Waals surface area contributed by atoms with Crippen molar-refractivity contribution >= 4 is 23.5 Å². The highest BCUT2D eigenvalue weighted by atomic mass is 19.1. The average Bonchev–Trinajstić information content (AvgIpc) is 4.05. The summed E-state index contributed by atoms with van der Waals surface area (Å²) in [5.41, 5.74) is 22.5. The predicted molar refractivity (Wildman–Crippen MR) is 249 cm³/mol. The van der Waals surface area contributed by atoms with Crippen LogP contribution in [0.1, 0.15) is 57.8 Å². The molecule has 0 radical (unpaired) electrons. The van der Waals surface area contributed by atoms with E-state index in [-0.39, 0.29) is 42.1 Å². The molecule has 10 N–H and O–H groups in total. The number of aromatic nitrogens is 8. The summed E-state index contributed by atoms with van der Waals surface area (Å²) in [6.45, 7) is 5.05. The van der Waals surface area contributed by atoms with Gasteiger partial charge in [0.1, 0.15) is 34.7 Å². The molecular weight excluding hydrogens is 863 g/mol. The number of aliphatic hydroxyl groups is 2. The Kier molecular flexibility index (Phi) is 16.2. The van der Waals surface area contributed by atoms with E-state index in [9.17, 15) is 23.5 Å². The van der Waals surface area contributed by atoms with Gasteiger partial charge in [0, 0.05) is 47.7 Å². The van der Waals surface area contributed by atoms with Gasteiger partial charge < -0.3 is 37.8 Å². The first kappa shape index (κ1) is 48.2. The van der Waals surface area contributed by atoms with Gasteiger partial charge >= 0.3 is 5.97 Å². The molecule has 0 spiro atoms. The number of hydrogen-bond acceptors (Lipinski definition) is 13. The largest absolute Gasteiger partial charge is 0.478 e. The number of nitrogens with one attached hydrogen (secondary N) is 1. The Morgan fingerprint density at radius 3 is 1.51 bits per heavy atom. The smallest absolute Gasteiger partial charge is 0.338 e. The number of nitrogens with zero attached hydrogens (tertiary/aromatic N) is 8. The molecule has 4 aromatic carbocycles. The highest BCUT2D eigenvalue weighted by Crippen LogP contribution is 2.29. The zero-order valence-corrected chi connectivity index (χ0v) is 36.4. The predicted octanol–water partition coefficient (Wildman–Crippen LogP) is 6.34. The molecule has 344 valence electrons. The molecule has 0 aliphatic carbocycles. The zero-order valence-electron chi connectivity index (χ0n) is 36.4. The third-order valence-electron chi connectivity index (χ3n) is 10.2. The molecule has 19 heteroatoms. The molecule has 8 aromatic rings. The van der Waals surface area contributed by atoms with Crippen molar-refractivity contribution in [3.8, 4) is 45.0 Å². The van der Waals surface area contributed by atoms with Crippen molar-refractivity contribution in [3.63, 3.8) is 0 Å². The van der Waals surface area contributed by atoms with Crippen LogP contribution in [0.15, 0.2) is 134 Å². The van der Waals surface area contributed by atoms with Gasteiger partial charge in [0.05, 0.1) is 72.6 Å². The van der Waals surface area contributed by atoms with Gasteiger partial charge in [-0.3, -0.25) is 14.2 Å². The summed E-state index contributed by atoms with van der Waals surface area (Å²) in [7, 11) is 0. The van der Waals surface area contributed by atoms with Crippen LogP contribution in [-0.4, -0.2) is 79.9 Å². The topological polar surface area (TPSA) is 272 Å². The van der Waals surface area contributed by atoms with E-state index in [1.165, 1.54) is 36.7 Å². The highest BCUT2D eigenvalue weighted by molar-refractivity contribution is 5.95. The third-order valence-corrected chi connectivity index (χ3v) is 10.2. The van der Waals surface area contributed by atoms with Crippen molar-refractivity contribution in [2.24, 2.45) is 5.73 Å². The molecule has 8 rings (SSSR count). The van der Waals surface area contributed by atoms with Crippen LogP contribution >= 0.6 is 0 Å².